The summed E-state index contributed by atoms with van der Waals surface area (Å²) in [4.78, 5) is 20.2. The van der Waals surface area contributed by atoms with Gasteiger partial charge in [0.05, 0.1) is 22.2 Å². The van der Waals surface area contributed by atoms with E-state index in [0.717, 1.165) is 12.8 Å². The molecule has 1 saturated heterocycles. The van der Waals surface area contributed by atoms with E-state index in [9.17, 15) is 4.79 Å². The highest BCUT2D eigenvalue weighted by Gasteiger charge is 2.22. The van der Waals surface area contributed by atoms with E-state index in [1.807, 2.05) is 0 Å². The predicted octanol–water partition coefficient (Wildman–Crippen LogP) is 3.13. The van der Waals surface area contributed by atoms with Gasteiger partial charge in [0.1, 0.15) is 5.82 Å². The van der Waals surface area contributed by atoms with E-state index in [4.69, 9.17) is 10.5 Å². The molecule has 0 aliphatic carbocycles. The molecule has 0 atom stereocenters. The van der Waals surface area contributed by atoms with Gasteiger partial charge < -0.3 is 15.8 Å². The molecule has 0 unspecified atom stereocenters. The van der Waals surface area contributed by atoms with Crippen LogP contribution in [0, 0.1) is 5.82 Å². The molecule has 6 nitrogen and oxygen atoms in total. The van der Waals surface area contributed by atoms with Gasteiger partial charge in [-0.05, 0) is 31.0 Å². The summed E-state index contributed by atoms with van der Waals surface area (Å²) in [5, 5.41) is 3.58. The zero-order valence-corrected chi connectivity index (χ0v) is 14.6. The summed E-state index contributed by atoms with van der Waals surface area (Å²) in [7, 11) is 0. The van der Waals surface area contributed by atoms with Crippen molar-refractivity contribution in [3.8, 4) is 11.1 Å². The van der Waals surface area contributed by atoms with Crippen LogP contribution < -0.4 is 11.1 Å². The number of halogens is 1. The number of nitrogens with two attached hydrogens (primary N) is 1. The van der Waals surface area contributed by atoms with E-state index in [1.165, 1.54) is 6.20 Å². The minimum absolute atomic E-state index is 0.0731. The van der Waals surface area contributed by atoms with Crippen molar-refractivity contribution in [1.82, 2.24) is 9.97 Å². The van der Waals surface area contributed by atoms with Crippen LogP contribution in [0.2, 0.25) is 0 Å². The van der Waals surface area contributed by atoms with Crippen LogP contribution in [-0.4, -0.2) is 35.1 Å². The molecule has 0 bridgehead atoms. The normalized spacial score (nSPS) is 15.0. The van der Waals surface area contributed by atoms with Crippen LogP contribution in [0.1, 0.15) is 23.2 Å². The highest BCUT2D eigenvalue weighted by atomic mass is 19.1. The molecule has 3 N–H and O–H groups in total. The van der Waals surface area contributed by atoms with Crippen molar-refractivity contribution in [3.63, 3.8) is 0 Å². The van der Waals surface area contributed by atoms with Crippen molar-refractivity contribution in [3.05, 3.63) is 54.2 Å². The Hall–Kier alpha value is -3.06. The number of amides is 1. The summed E-state index contributed by atoms with van der Waals surface area (Å²) >= 11 is 0. The Morgan fingerprint density at radius 3 is 2.74 bits per heavy atom. The van der Waals surface area contributed by atoms with Gasteiger partial charge in [-0.2, -0.15) is 0 Å². The Balaban J connectivity index is 1.91. The number of nitrogens with one attached hydrogen (secondary N) is 1. The second-order valence-corrected chi connectivity index (χ2v) is 6.51. The molecule has 27 heavy (non-hydrogen) atoms. The topological polar surface area (TPSA) is 90.1 Å². The van der Waals surface area contributed by atoms with E-state index >= 15 is 4.39 Å². The third-order valence-electron chi connectivity index (χ3n) is 4.78. The molecular weight excluding hydrogens is 347 g/mol. The van der Waals surface area contributed by atoms with Crippen LogP contribution >= 0.6 is 0 Å². The molecule has 7 heteroatoms. The maximum atomic E-state index is 15.5. The summed E-state index contributed by atoms with van der Waals surface area (Å²) < 4.78 is 20.9. The molecule has 2 aromatic heterocycles. The van der Waals surface area contributed by atoms with Crippen LogP contribution in [0.15, 0.2) is 42.9 Å². The molecule has 1 amide bonds. The number of primary amides is 1. The summed E-state index contributed by atoms with van der Waals surface area (Å²) in [5.74, 6) is -1.10. The van der Waals surface area contributed by atoms with Gasteiger partial charge in [-0.3, -0.25) is 14.8 Å². The van der Waals surface area contributed by atoms with Gasteiger partial charge in [0, 0.05) is 49.0 Å². The first-order chi connectivity index (χ1) is 13.1. The number of rotatable bonds is 4. The van der Waals surface area contributed by atoms with Gasteiger partial charge in [-0.1, -0.05) is 6.07 Å². The van der Waals surface area contributed by atoms with Crippen molar-refractivity contribution in [1.29, 1.82) is 0 Å². The highest BCUT2D eigenvalue weighted by molar-refractivity contribution is 6.07. The van der Waals surface area contributed by atoms with Crippen molar-refractivity contribution in [2.75, 3.05) is 18.5 Å². The Bertz CT molecular complexity index is 988. The number of aromatic nitrogens is 2. The Morgan fingerprint density at radius 1 is 1.22 bits per heavy atom. The molecular formula is C20H19FN4O2. The van der Waals surface area contributed by atoms with Crippen molar-refractivity contribution in [2.45, 2.75) is 18.9 Å². The summed E-state index contributed by atoms with van der Waals surface area (Å²) in [6.07, 6.45) is 6.17. The first kappa shape index (κ1) is 17.4. The number of carbonyl (C=O) groups is 1. The van der Waals surface area contributed by atoms with Crippen LogP contribution in [0.5, 0.6) is 0 Å². The average Bonchev–Trinajstić information content (AvgIpc) is 2.69. The number of fused-ring (bicyclic) bond motifs is 1. The number of nitrogens with zero attached hydrogens (tertiary/aromatic N) is 2. The van der Waals surface area contributed by atoms with Crippen LogP contribution in [0.3, 0.4) is 0 Å². The number of benzene rings is 1. The highest BCUT2D eigenvalue weighted by Crippen LogP contribution is 2.35. The Morgan fingerprint density at radius 2 is 2.04 bits per heavy atom. The summed E-state index contributed by atoms with van der Waals surface area (Å²) in [6, 6.07) is 7.01. The van der Waals surface area contributed by atoms with Crippen LogP contribution in [-0.2, 0) is 4.74 Å². The summed E-state index contributed by atoms with van der Waals surface area (Å²) in [6.45, 7) is 1.24. The number of anilines is 1. The van der Waals surface area contributed by atoms with Gasteiger partial charge in [0.25, 0.3) is 5.91 Å². The third-order valence-corrected chi connectivity index (χ3v) is 4.78. The lowest BCUT2D eigenvalue weighted by atomic mass is 10.00. The minimum Gasteiger partial charge on any atom is -0.381 e. The largest absolute Gasteiger partial charge is 0.381 e. The van der Waals surface area contributed by atoms with Gasteiger partial charge >= 0.3 is 0 Å². The first-order valence-electron chi connectivity index (χ1n) is 8.81. The molecule has 138 valence electrons. The zero-order chi connectivity index (χ0) is 18.8. The monoisotopic (exact) mass is 366 g/mol. The third kappa shape index (κ3) is 3.33. The minimum atomic E-state index is -0.648. The maximum Gasteiger partial charge on any atom is 0.252 e. The van der Waals surface area contributed by atoms with E-state index in [2.05, 4.69) is 15.3 Å². The van der Waals surface area contributed by atoms with Gasteiger partial charge in [-0.25, -0.2) is 4.39 Å². The SMILES string of the molecule is NC(=O)c1cnc2ccc(-c3cccnc3)c(F)c2c1NC1CCOCC1. The van der Waals surface area contributed by atoms with Gasteiger partial charge in [0.15, 0.2) is 0 Å². The molecule has 3 heterocycles. The smallest absolute Gasteiger partial charge is 0.252 e. The fourth-order valence-electron chi connectivity index (χ4n) is 3.37. The van der Waals surface area contributed by atoms with Gasteiger partial charge in [0.2, 0.25) is 0 Å². The number of hydrogen-bond donors (Lipinski definition) is 2. The van der Waals surface area contributed by atoms with Crippen molar-refractivity contribution < 1.29 is 13.9 Å². The molecule has 1 aliphatic heterocycles. The van der Waals surface area contributed by atoms with E-state index in [1.54, 1.807) is 36.7 Å². The summed E-state index contributed by atoms with van der Waals surface area (Å²) in [5.41, 5.74) is 7.61. The van der Waals surface area contributed by atoms with Crippen LogP contribution in [0.25, 0.3) is 22.0 Å². The average molecular weight is 366 g/mol. The second kappa shape index (κ2) is 7.28. The lowest BCUT2D eigenvalue weighted by Crippen LogP contribution is -2.29. The standard InChI is InChI=1S/C20H19FN4O2/c21-18-14(12-2-1-7-23-10-12)3-4-16-17(18)19(15(11-24-16)20(22)26)25-13-5-8-27-9-6-13/h1-4,7,10-11,13H,5-6,8-9H2,(H2,22,26)(H,24,25). The fraction of sp³-hybridized carbons (Fsp3) is 0.250. The zero-order valence-electron chi connectivity index (χ0n) is 14.6. The molecule has 3 aromatic rings. The number of ether oxygens (including phenoxy) is 1. The Labute approximate surface area is 155 Å². The van der Waals surface area contributed by atoms with E-state index in [-0.39, 0.29) is 17.0 Å². The fourth-order valence-corrected chi connectivity index (χ4v) is 3.37. The molecule has 1 aromatic carbocycles. The van der Waals surface area contributed by atoms with Crippen molar-refractivity contribution in [2.24, 2.45) is 5.73 Å². The molecule has 4 rings (SSSR count). The molecule has 0 radical (unpaired) electrons. The number of carbonyl (C=O) groups excluding carboxylic acids is 1. The van der Waals surface area contributed by atoms with Gasteiger partial charge in [-0.15, -0.1) is 0 Å². The molecule has 0 spiro atoms. The van der Waals surface area contributed by atoms with E-state index in [0.29, 0.717) is 35.5 Å². The molecule has 1 aliphatic rings. The first-order valence-corrected chi connectivity index (χ1v) is 8.81. The maximum absolute atomic E-state index is 15.5. The quantitative estimate of drug-likeness (QED) is 0.740. The second-order valence-electron chi connectivity index (χ2n) is 6.51. The number of hydrogen-bond acceptors (Lipinski definition) is 5. The van der Waals surface area contributed by atoms with E-state index < -0.39 is 11.7 Å². The Kier molecular flexibility index (Phi) is 4.68. The number of pyridine rings is 2. The molecule has 1 fully saturated rings. The lowest BCUT2D eigenvalue weighted by molar-refractivity contribution is 0.0904. The predicted molar refractivity (Wildman–Crippen MR) is 101 cm³/mol. The lowest BCUT2D eigenvalue weighted by Gasteiger charge is -2.26. The van der Waals surface area contributed by atoms with Crippen molar-refractivity contribution >= 4 is 22.5 Å². The van der Waals surface area contributed by atoms with Crippen LogP contribution in [0.4, 0.5) is 10.1 Å². The molecule has 0 saturated carbocycles.